The molecular weight excluding hydrogens is 763 g/mol. The van der Waals surface area contributed by atoms with E-state index in [1.807, 2.05) is 20.8 Å². The number of aliphatic carboxylic acids is 2. The SMILES string of the molecule is COc1cc(C(=O)OCC(=O)N[C@@H](CCC(=O)O)C(=O)O)ccc1CC(=O)[C@@H]1N[C@@H](CC(C)(C)C)[C@](C#N)(c2ccc(Cl)cc2F)[C@H]1c1cccc(Cl)c1F. The third-order valence-electron chi connectivity index (χ3n) is 9.30. The zero-order valence-electron chi connectivity index (χ0n) is 30.3. The number of amides is 1. The Morgan fingerprint density at radius 3 is 2.36 bits per heavy atom. The molecule has 1 fully saturated rings. The molecule has 0 unspecified atom stereocenters. The van der Waals surface area contributed by atoms with Gasteiger partial charge in [-0.05, 0) is 54.2 Å². The fraction of sp³-hybridized carbons (Fsp3) is 0.385. The van der Waals surface area contributed by atoms with Gasteiger partial charge in [-0.15, -0.1) is 0 Å². The average molecular weight is 803 g/mol. The normalized spacial score (nSPS) is 19.9. The van der Waals surface area contributed by atoms with E-state index in [1.165, 1.54) is 55.6 Å². The summed E-state index contributed by atoms with van der Waals surface area (Å²) in [5.41, 5.74) is -2.24. The van der Waals surface area contributed by atoms with Crippen LogP contribution in [-0.4, -0.2) is 71.7 Å². The van der Waals surface area contributed by atoms with Crippen LogP contribution >= 0.6 is 23.2 Å². The number of Topliss-reactive ketones (excluding diaryl/α,β-unsaturated/α-hetero) is 1. The number of hydrogen-bond donors (Lipinski definition) is 4. The molecule has 16 heteroatoms. The van der Waals surface area contributed by atoms with E-state index in [9.17, 15) is 34.3 Å². The van der Waals surface area contributed by atoms with Crippen molar-refractivity contribution in [2.24, 2.45) is 5.41 Å². The number of carboxylic acid groups (broad SMARTS) is 2. The summed E-state index contributed by atoms with van der Waals surface area (Å²) >= 11 is 12.3. The zero-order valence-corrected chi connectivity index (χ0v) is 31.8. The lowest BCUT2D eigenvalue weighted by Crippen LogP contribution is -2.44. The van der Waals surface area contributed by atoms with Crippen molar-refractivity contribution in [1.82, 2.24) is 10.6 Å². The number of ketones is 1. The predicted octanol–water partition coefficient (Wildman–Crippen LogP) is 6.00. The number of benzene rings is 3. The Labute approximate surface area is 325 Å². The molecule has 292 valence electrons. The number of nitrogens with zero attached hydrogens (tertiary/aromatic N) is 1. The van der Waals surface area contributed by atoms with Crippen LogP contribution in [0.3, 0.4) is 0 Å². The average Bonchev–Trinajstić information content (AvgIpc) is 3.42. The molecule has 3 aromatic carbocycles. The van der Waals surface area contributed by atoms with Gasteiger partial charge in [0.1, 0.15) is 28.8 Å². The Morgan fingerprint density at radius 1 is 1.05 bits per heavy atom. The van der Waals surface area contributed by atoms with Crippen LogP contribution in [0.4, 0.5) is 8.78 Å². The zero-order chi connectivity index (χ0) is 40.8. The van der Waals surface area contributed by atoms with E-state index >= 15 is 8.78 Å². The number of nitriles is 1. The van der Waals surface area contributed by atoms with Crippen molar-refractivity contribution >= 4 is 52.8 Å². The molecule has 55 heavy (non-hydrogen) atoms. The fourth-order valence-electron chi connectivity index (χ4n) is 6.90. The molecule has 0 bridgehead atoms. The molecule has 4 rings (SSSR count). The van der Waals surface area contributed by atoms with Gasteiger partial charge in [-0.3, -0.25) is 14.4 Å². The third-order valence-corrected chi connectivity index (χ3v) is 9.83. The van der Waals surface area contributed by atoms with Crippen molar-refractivity contribution in [1.29, 1.82) is 5.26 Å². The summed E-state index contributed by atoms with van der Waals surface area (Å²) in [7, 11) is 1.29. The highest BCUT2D eigenvalue weighted by molar-refractivity contribution is 6.31. The van der Waals surface area contributed by atoms with Crippen molar-refractivity contribution in [3.05, 3.63) is 98.5 Å². The van der Waals surface area contributed by atoms with E-state index in [0.717, 1.165) is 6.07 Å². The fourth-order valence-corrected chi connectivity index (χ4v) is 7.24. The highest BCUT2D eigenvalue weighted by Crippen LogP contribution is 2.53. The van der Waals surface area contributed by atoms with Gasteiger partial charge in [0.15, 0.2) is 12.4 Å². The van der Waals surface area contributed by atoms with E-state index in [4.69, 9.17) is 37.8 Å². The molecule has 1 amide bonds. The highest BCUT2D eigenvalue weighted by atomic mass is 35.5. The molecule has 4 N–H and O–H groups in total. The Kier molecular flexibility index (Phi) is 13.6. The van der Waals surface area contributed by atoms with Gasteiger partial charge in [-0.2, -0.15) is 5.26 Å². The van der Waals surface area contributed by atoms with Crippen LogP contribution < -0.4 is 15.4 Å². The summed E-state index contributed by atoms with van der Waals surface area (Å²) in [6, 6.07) is 10.7. The lowest BCUT2D eigenvalue weighted by atomic mass is 9.62. The third kappa shape index (κ3) is 9.77. The smallest absolute Gasteiger partial charge is 0.338 e. The second-order valence-electron chi connectivity index (χ2n) is 14.3. The first kappa shape index (κ1) is 42.6. The maximum Gasteiger partial charge on any atom is 0.338 e. The van der Waals surface area contributed by atoms with Crippen molar-refractivity contribution < 1.29 is 52.4 Å². The number of carboxylic acids is 2. The van der Waals surface area contributed by atoms with E-state index in [-0.39, 0.29) is 57.3 Å². The van der Waals surface area contributed by atoms with Crippen LogP contribution in [0, 0.1) is 28.4 Å². The summed E-state index contributed by atoms with van der Waals surface area (Å²) in [4.78, 5) is 61.8. The molecule has 0 spiro atoms. The molecule has 0 aromatic heterocycles. The minimum atomic E-state index is -1.83. The summed E-state index contributed by atoms with van der Waals surface area (Å²) in [6.45, 7) is 4.87. The van der Waals surface area contributed by atoms with Crippen LogP contribution in [-0.2, 0) is 35.8 Å². The van der Waals surface area contributed by atoms with Gasteiger partial charge in [-0.1, -0.05) is 68.2 Å². The van der Waals surface area contributed by atoms with Crippen LogP contribution in [0.5, 0.6) is 5.75 Å². The first-order valence-electron chi connectivity index (χ1n) is 17.0. The lowest BCUT2D eigenvalue weighted by molar-refractivity contribution is -0.143. The molecule has 3 aromatic rings. The first-order chi connectivity index (χ1) is 25.8. The number of carbonyl (C=O) groups excluding carboxylic acids is 3. The number of ether oxygens (including phenoxy) is 2. The van der Waals surface area contributed by atoms with E-state index in [0.29, 0.717) is 0 Å². The topological polar surface area (TPSA) is 192 Å². The van der Waals surface area contributed by atoms with Crippen molar-refractivity contribution in [3.63, 3.8) is 0 Å². The molecular formula is C39H39Cl2F2N3O9. The van der Waals surface area contributed by atoms with Gasteiger partial charge in [0, 0.05) is 41.0 Å². The maximum atomic E-state index is 16.0. The highest BCUT2D eigenvalue weighted by Gasteiger charge is 2.61. The standard InChI is InChI=1S/C39H39Cl2F2N3O9/c1-38(2,3)17-30-39(19-44,24-11-10-22(40)16-26(24)42)33(23-6-5-7-25(41)34(23)43)35(46-30)28(47)14-20-8-9-21(15-29(20)54-4)37(53)55-18-31(48)45-27(36(51)52)12-13-32(49)50/h5-11,15-16,27,30,33,35,46H,12-14,17-18H2,1-4H3,(H,45,48)(H,49,50)(H,51,52)/t27-,30-,33-,35-,39-/m0/s1. The first-order valence-corrected chi connectivity index (χ1v) is 17.8. The van der Waals surface area contributed by atoms with Gasteiger partial charge in [0.05, 0.1) is 29.8 Å². The van der Waals surface area contributed by atoms with E-state index in [2.05, 4.69) is 16.7 Å². The van der Waals surface area contributed by atoms with Gasteiger partial charge in [0.25, 0.3) is 5.91 Å². The molecule has 1 aliphatic rings. The number of hydrogen-bond acceptors (Lipinski definition) is 9. The number of carbonyl (C=O) groups is 5. The van der Waals surface area contributed by atoms with E-state index < -0.39 is 89.1 Å². The van der Waals surface area contributed by atoms with Crippen molar-refractivity contribution in [2.75, 3.05) is 13.7 Å². The summed E-state index contributed by atoms with van der Waals surface area (Å²) in [5.74, 6) is -8.11. The number of rotatable bonds is 15. The lowest BCUT2D eigenvalue weighted by Gasteiger charge is -2.37. The Balaban J connectivity index is 1.67. The molecule has 0 saturated carbocycles. The summed E-state index contributed by atoms with van der Waals surface area (Å²) in [6.07, 6.45) is -0.989. The maximum absolute atomic E-state index is 16.0. The number of esters is 1. The van der Waals surface area contributed by atoms with Gasteiger partial charge < -0.3 is 30.3 Å². The number of nitrogens with one attached hydrogen (secondary N) is 2. The van der Waals surface area contributed by atoms with Gasteiger partial charge in [-0.25, -0.2) is 18.4 Å². The minimum absolute atomic E-state index is 0.0666. The van der Waals surface area contributed by atoms with Gasteiger partial charge >= 0.3 is 17.9 Å². The van der Waals surface area contributed by atoms with Crippen LogP contribution in [0.25, 0.3) is 0 Å². The molecule has 5 atom stereocenters. The number of halogens is 4. The van der Waals surface area contributed by atoms with Crippen molar-refractivity contribution in [2.45, 2.75) is 75.9 Å². The van der Waals surface area contributed by atoms with Gasteiger partial charge in [0.2, 0.25) is 0 Å². The van der Waals surface area contributed by atoms with E-state index in [1.54, 1.807) is 0 Å². The number of methoxy groups -OCH3 is 1. The van der Waals surface area contributed by atoms with Crippen LogP contribution in [0.1, 0.15) is 73.0 Å². The minimum Gasteiger partial charge on any atom is -0.496 e. The molecule has 0 aliphatic carbocycles. The molecule has 1 heterocycles. The molecule has 0 radical (unpaired) electrons. The predicted molar refractivity (Wildman–Crippen MR) is 196 cm³/mol. The Bertz CT molecular complexity index is 2030. The monoisotopic (exact) mass is 801 g/mol. The second-order valence-corrected chi connectivity index (χ2v) is 15.2. The molecule has 1 aliphatic heterocycles. The quantitative estimate of drug-likeness (QED) is 0.132. The summed E-state index contributed by atoms with van der Waals surface area (Å²) < 4.78 is 42.5. The summed E-state index contributed by atoms with van der Waals surface area (Å²) in [5, 5.41) is 34.3. The van der Waals surface area contributed by atoms with Crippen LogP contribution in [0.2, 0.25) is 10.0 Å². The second kappa shape index (κ2) is 17.6. The van der Waals surface area contributed by atoms with Crippen LogP contribution in [0.15, 0.2) is 54.6 Å². The molecule has 12 nitrogen and oxygen atoms in total. The molecule has 1 saturated heterocycles. The largest absolute Gasteiger partial charge is 0.496 e. The van der Waals surface area contributed by atoms with Crippen molar-refractivity contribution in [3.8, 4) is 11.8 Å². The Morgan fingerprint density at radius 2 is 1.76 bits per heavy atom. The Hall–Kier alpha value is -5.10.